The van der Waals surface area contributed by atoms with Crippen molar-refractivity contribution in [2.45, 2.75) is 48.1 Å². The quantitative estimate of drug-likeness (QED) is 0.195. The number of nitrogens with zero attached hydrogens (tertiary/aromatic N) is 3. The topological polar surface area (TPSA) is 104 Å². The Morgan fingerprint density at radius 3 is 2.31 bits per heavy atom. The van der Waals surface area contributed by atoms with Crippen molar-refractivity contribution in [3.63, 3.8) is 0 Å². The first kappa shape index (κ1) is 26.5. The van der Waals surface area contributed by atoms with Gasteiger partial charge >= 0.3 is 0 Å². The summed E-state index contributed by atoms with van der Waals surface area (Å²) < 4.78 is 7.48. The summed E-state index contributed by atoms with van der Waals surface area (Å²) in [4.78, 5) is 37.7. The van der Waals surface area contributed by atoms with Crippen LogP contribution in [-0.4, -0.2) is 32.9 Å². The number of Topliss-reactive ketones (excluding diaryl/α,β-unsaturated/α-hetero) is 1. The maximum Gasteiger partial charge on any atom is 0.277 e. The minimum Gasteiger partial charge on any atom is -0.469 e. The third-order valence-corrected chi connectivity index (χ3v) is 6.02. The number of rotatable bonds is 10. The van der Waals surface area contributed by atoms with Gasteiger partial charge in [0.05, 0.1) is 16.7 Å². The van der Waals surface area contributed by atoms with E-state index in [1.165, 1.54) is 18.3 Å². The van der Waals surface area contributed by atoms with Crippen LogP contribution in [0.5, 0.6) is 5.88 Å². The molecule has 3 rings (SSSR count). The predicted octanol–water partition coefficient (Wildman–Crippen LogP) is 6.06. The molecule has 0 saturated carbocycles. The number of nitro benzene ring substituents is 1. The van der Waals surface area contributed by atoms with Gasteiger partial charge in [0.25, 0.3) is 5.69 Å². The van der Waals surface area contributed by atoms with Gasteiger partial charge in [-0.2, -0.15) is 5.10 Å². The van der Waals surface area contributed by atoms with Gasteiger partial charge in [-0.3, -0.25) is 19.7 Å². The molecule has 8 nitrogen and oxygen atoms in total. The molecule has 188 valence electrons. The summed E-state index contributed by atoms with van der Waals surface area (Å²) in [6.45, 7) is 11.5. The summed E-state index contributed by atoms with van der Waals surface area (Å²) >= 11 is 0. The Balaban J connectivity index is 2.05. The second-order valence-corrected chi connectivity index (χ2v) is 9.36. The monoisotopic (exact) mass is 489 g/mol. The highest BCUT2D eigenvalue weighted by molar-refractivity contribution is 6.12. The number of carbonyl (C=O) groups excluding carboxylic acids is 2. The van der Waals surface area contributed by atoms with Crippen molar-refractivity contribution in [2.24, 2.45) is 5.92 Å². The van der Waals surface area contributed by atoms with Crippen LogP contribution >= 0.6 is 0 Å². The van der Waals surface area contributed by atoms with Gasteiger partial charge in [-0.05, 0) is 50.8 Å². The summed E-state index contributed by atoms with van der Waals surface area (Å²) in [6.07, 6.45) is 1.43. The van der Waals surface area contributed by atoms with E-state index in [0.29, 0.717) is 28.8 Å². The van der Waals surface area contributed by atoms with Crippen molar-refractivity contribution in [3.05, 3.63) is 92.2 Å². The Bertz CT molecular complexity index is 1330. The van der Waals surface area contributed by atoms with E-state index in [9.17, 15) is 19.7 Å². The van der Waals surface area contributed by atoms with Crippen LogP contribution in [0, 0.1) is 23.0 Å². The molecule has 0 aliphatic rings. The fourth-order valence-electron chi connectivity index (χ4n) is 3.96. The van der Waals surface area contributed by atoms with Crippen LogP contribution in [0.4, 0.5) is 5.69 Å². The van der Waals surface area contributed by atoms with Crippen molar-refractivity contribution in [1.82, 2.24) is 9.78 Å². The molecule has 8 heteroatoms. The SMILES string of the molecule is CC(C)=C(C)c1c([N+](=O)[O-])ccc(C(=O)c2cnn(CC(C)C)c2OCC(=O)c2ccccc2)c1C. The van der Waals surface area contributed by atoms with Crippen LogP contribution in [-0.2, 0) is 6.54 Å². The summed E-state index contributed by atoms with van der Waals surface area (Å²) in [5.41, 5.74) is 3.58. The van der Waals surface area contributed by atoms with E-state index in [1.807, 2.05) is 40.7 Å². The third-order valence-electron chi connectivity index (χ3n) is 6.02. The largest absolute Gasteiger partial charge is 0.469 e. The molecule has 1 aromatic heterocycles. The molecule has 0 aliphatic heterocycles. The van der Waals surface area contributed by atoms with Gasteiger partial charge in [-0.1, -0.05) is 49.8 Å². The molecule has 0 bridgehead atoms. The summed E-state index contributed by atoms with van der Waals surface area (Å²) in [5, 5.41) is 16.1. The third kappa shape index (κ3) is 5.59. The lowest BCUT2D eigenvalue weighted by atomic mass is 9.90. The zero-order valence-corrected chi connectivity index (χ0v) is 21.5. The minimum atomic E-state index is -0.437. The number of hydrogen-bond acceptors (Lipinski definition) is 6. The summed E-state index contributed by atoms with van der Waals surface area (Å²) in [7, 11) is 0. The maximum atomic E-state index is 13.7. The molecule has 0 aliphatic carbocycles. The first-order valence-electron chi connectivity index (χ1n) is 11.8. The predicted molar refractivity (Wildman–Crippen MR) is 139 cm³/mol. The lowest BCUT2D eigenvalue weighted by molar-refractivity contribution is -0.385. The molecular formula is C28H31N3O5. The number of carbonyl (C=O) groups is 2. The number of benzene rings is 2. The number of nitro groups is 1. The molecule has 0 N–H and O–H groups in total. The van der Waals surface area contributed by atoms with Crippen molar-refractivity contribution in [2.75, 3.05) is 6.61 Å². The van der Waals surface area contributed by atoms with Gasteiger partial charge in [0.15, 0.2) is 18.2 Å². The van der Waals surface area contributed by atoms with E-state index in [-0.39, 0.29) is 41.2 Å². The van der Waals surface area contributed by atoms with Gasteiger partial charge in [-0.15, -0.1) is 0 Å². The molecule has 0 amide bonds. The van der Waals surface area contributed by atoms with Crippen LogP contribution < -0.4 is 4.74 Å². The fraction of sp³-hybridized carbons (Fsp3) is 0.321. The van der Waals surface area contributed by atoms with Gasteiger partial charge < -0.3 is 4.74 Å². The highest BCUT2D eigenvalue weighted by atomic mass is 16.6. The molecular weight excluding hydrogens is 458 g/mol. The lowest BCUT2D eigenvalue weighted by Crippen LogP contribution is -2.17. The lowest BCUT2D eigenvalue weighted by Gasteiger charge is -2.15. The Morgan fingerprint density at radius 1 is 1.06 bits per heavy atom. The maximum absolute atomic E-state index is 13.7. The highest BCUT2D eigenvalue weighted by Crippen LogP contribution is 2.34. The Hall–Kier alpha value is -4.07. The average Bonchev–Trinajstić information content (AvgIpc) is 3.23. The number of ketones is 2. The molecule has 2 aromatic carbocycles. The van der Waals surface area contributed by atoms with E-state index in [1.54, 1.807) is 35.9 Å². The van der Waals surface area contributed by atoms with Crippen LogP contribution in [0.3, 0.4) is 0 Å². The number of allylic oxidation sites excluding steroid dienone is 2. The van der Waals surface area contributed by atoms with E-state index in [2.05, 4.69) is 5.10 Å². The molecule has 0 atom stereocenters. The van der Waals surface area contributed by atoms with Gasteiger partial charge in [0.1, 0.15) is 5.56 Å². The smallest absolute Gasteiger partial charge is 0.277 e. The Labute approximate surface area is 210 Å². The van der Waals surface area contributed by atoms with Crippen molar-refractivity contribution >= 4 is 22.8 Å². The number of hydrogen-bond donors (Lipinski definition) is 0. The van der Waals surface area contributed by atoms with Crippen LogP contribution in [0.25, 0.3) is 5.57 Å². The average molecular weight is 490 g/mol. The van der Waals surface area contributed by atoms with E-state index in [4.69, 9.17) is 4.74 Å². The van der Waals surface area contributed by atoms with Crippen LogP contribution in [0.15, 0.2) is 54.2 Å². The first-order chi connectivity index (χ1) is 17.0. The van der Waals surface area contributed by atoms with E-state index in [0.717, 1.165) is 11.1 Å². The summed E-state index contributed by atoms with van der Waals surface area (Å²) in [6, 6.07) is 11.6. The van der Waals surface area contributed by atoms with Crippen molar-refractivity contribution < 1.29 is 19.2 Å². The van der Waals surface area contributed by atoms with Gasteiger partial charge in [0, 0.05) is 23.7 Å². The van der Waals surface area contributed by atoms with Crippen LogP contribution in [0.1, 0.15) is 72.0 Å². The standard InChI is InChI=1S/C28H31N3O5/c1-17(2)15-30-28(36-16-25(32)21-10-8-7-9-11-21)23(14-29-30)27(33)22-12-13-24(31(34)35)26(20(22)6)19(5)18(3)4/h7-14,17H,15-16H2,1-6H3. The molecule has 0 radical (unpaired) electrons. The molecule has 3 aromatic rings. The van der Waals surface area contributed by atoms with Crippen molar-refractivity contribution in [3.8, 4) is 5.88 Å². The second kappa shape index (κ2) is 11.1. The molecule has 0 saturated heterocycles. The second-order valence-electron chi connectivity index (χ2n) is 9.36. The minimum absolute atomic E-state index is 0.0526. The number of ether oxygens (including phenoxy) is 1. The highest BCUT2D eigenvalue weighted by Gasteiger charge is 2.27. The van der Waals surface area contributed by atoms with E-state index < -0.39 is 4.92 Å². The molecule has 1 heterocycles. The van der Waals surface area contributed by atoms with E-state index >= 15 is 0 Å². The van der Waals surface area contributed by atoms with Gasteiger partial charge in [0.2, 0.25) is 5.88 Å². The molecule has 0 fully saturated rings. The Morgan fingerprint density at radius 2 is 1.72 bits per heavy atom. The normalized spacial score (nSPS) is 10.9. The molecule has 0 unspecified atom stereocenters. The zero-order chi connectivity index (χ0) is 26.6. The zero-order valence-electron chi connectivity index (χ0n) is 21.5. The first-order valence-corrected chi connectivity index (χ1v) is 11.8. The van der Waals surface area contributed by atoms with Crippen LogP contribution in [0.2, 0.25) is 0 Å². The Kier molecular flexibility index (Phi) is 8.19. The van der Waals surface area contributed by atoms with Crippen molar-refractivity contribution in [1.29, 1.82) is 0 Å². The van der Waals surface area contributed by atoms with Gasteiger partial charge in [-0.25, -0.2) is 4.68 Å². The number of aromatic nitrogens is 2. The molecule has 36 heavy (non-hydrogen) atoms. The molecule has 0 spiro atoms. The summed E-state index contributed by atoms with van der Waals surface area (Å²) in [5.74, 6) is -0.175. The fourth-order valence-corrected chi connectivity index (χ4v) is 3.96.